The summed E-state index contributed by atoms with van der Waals surface area (Å²) in [6, 6.07) is 14.8. The monoisotopic (exact) mass is 457 g/mol. The number of carbonyl (C=O) groups excluding carboxylic acids is 3. The smallest absolute Gasteiger partial charge is 0.257 e. The van der Waals surface area contributed by atoms with Gasteiger partial charge in [0.25, 0.3) is 5.91 Å². The Kier molecular flexibility index (Phi) is 6.25. The van der Waals surface area contributed by atoms with Crippen LogP contribution in [0.2, 0.25) is 5.02 Å². The molecule has 2 heterocycles. The summed E-state index contributed by atoms with van der Waals surface area (Å²) >= 11 is 7.53. The van der Waals surface area contributed by atoms with Crippen LogP contribution < -0.4 is 10.2 Å². The van der Waals surface area contributed by atoms with Crippen LogP contribution in [-0.4, -0.2) is 47.1 Å². The van der Waals surface area contributed by atoms with Gasteiger partial charge in [-0.05, 0) is 49.7 Å². The van der Waals surface area contributed by atoms with E-state index in [9.17, 15) is 14.4 Å². The number of para-hydroxylation sites is 1. The number of thioether (sulfide) groups is 1. The Bertz CT molecular complexity index is 1010. The number of amides is 3. The van der Waals surface area contributed by atoms with Crippen molar-refractivity contribution < 1.29 is 14.4 Å². The number of nitrogens with zero attached hydrogens (tertiary/aromatic N) is 2. The van der Waals surface area contributed by atoms with Gasteiger partial charge in [0.2, 0.25) is 11.8 Å². The van der Waals surface area contributed by atoms with Gasteiger partial charge in [0.1, 0.15) is 5.66 Å². The van der Waals surface area contributed by atoms with Gasteiger partial charge < -0.3 is 10.2 Å². The van der Waals surface area contributed by atoms with Gasteiger partial charge in [-0.3, -0.25) is 19.3 Å². The molecule has 1 fully saturated rings. The van der Waals surface area contributed by atoms with Crippen LogP contribution in [0.1, 0.15) is 36.5 Å². The van der Waals surface area contributed by atoms with Crippen molar-refractivity contribution in [3.8, 4) is 0 Å². The Labute approximate surface area is 190 Å². The third-order valence-corrected chi connectivity index (χ3v) is 7.08. The summed E-state index contributed by atoms with van der Waals surface area (Å²) in [5.74, 6) is 0.512. The summed E-state index contributed by atoms with van der Waals surface area (Å²) in [5.41, 5.74) is 0.445. The van der Waals surface area contributed by atoms with Gasteiger partial charge in [0, 0.05) is 41.6 Å². The molecular formula is C23H24ClN3O3S. The highest BCUT2D eigenvalue weighted by atomic mass is 35.5. The highest BCUT2D eigenvalue weighted by Gasteiger charge is 2.52. The highest BCUT2D eigenvalue weighted by molar-refractivity contribution is 7.99. The van der Waals surface area contributed by atoms with Crippen molar-refractivity contribution in [1.29, 1.82) is 0 Å². The molecule has 3 amide bonds. The standard InChI is InChI=1S/C23H24ClN3O3S/c1-23-12-10-21(29)27(23)19-5-3-2-4-18(19)22(30)26(23)14-11-20(28)25-13-15-31-17-8-6-16(24)7-9-17/h2-9H,10-15H2,1H3,(H,25,28)/t23-/m1/s1. The first-order chi connectivity index (χ1) is 14.9. The highest BCUT2D eigenvalue weighted by Crippen LogP contribution is 2.43. The predicted octanol–water partition coefficient (Wildman–Crippen LogP) is 3.94. The number of rotatable bonds is 7. The Balaban J connectivity index is 1.34. The van der Waals surface area contributed by atoms with Crippen molar-refractivity contribution in [2.75, 3.05) is 23.7 Å². The van der Waals surface area contributed by atoms with E-state index in [-0.39, 0.29) is 30.7 Å². The van der Waals surface area contributed by atoms with Crippen molar-refractivity contribution in [2.24, 2.45) is 0 Å². The minimum atomic E-state index is -0.729. The van der Waals surface area contributed by atoms with Crippen molar-refractivity contribution in [1.82, 2.24) is 10.2 Å². The molecule has 162 valence electrons. The molecule has 0 aliphatic carbocycles. The summed E-state index contributed by atoms with van der Waals surface area (Å²) in [6.45, 7) is 2.71. The van der Waals surface area contributed by atoms with Crippen molar-refractivity contribution in [3.63, 3.8) is 0 Å². The fourth-order valence-electron chi connectivity index (χ4n) is 4.23. The summed E-state index contributed by atoms with van der Waals surface area (Å²) in [4.78, 5) is 42.6. The average Bonchev–Trinajstić information content (AvgIpc) is 3.07. The van der Waals surface area contributed by atoms with Crippen molar-refractivity contribution in [3.05, 3.63) is 59.1 Å². The molecule has 0 aromatic heterocycles. The van der Waals surface area contributed by atoms with E-state index in [1.807, 2.05) is 43.3 Å². The van der Waals surface area contributed by atoms with Gasteiger partial charge in [0.15, 0.2) is 0 Å². The van der Waals surface area contributed by atoms with E-state index in [4.69, 9.17) is 11.6 Å². The number of benzene rings is 2. The molecule has 2 aliphatic rings. The molecule has 1 N–H and O–H groups in total. The predicted molar refractivity (Wildman–Crippen MR) is 122 cm³/mol. The van der Waals surface area contributed by atoms with E-state index in [0.29, 0.717) is 35.7 Å². The number of fused-ring (bicyclic) bond motifs is 3. The lowest BCUT2D eigenvalue weighted by molar-refractivity contribution is -0.121. The minimum Gasteiger partial charge on any atom is -0.355 e. The summed E-state index contributed by atoms with van der Waals surface area (Å²) in [6.07, 6.45) is 1.14. The van der Waals surface area contributed by atoms with Crippen LogP contribution in [0.25, 0.3) is 0 Å². The number of hydrogen-bond donors (Lipinski definition) is 1. The zero-order chi connectivity index (χ0) is 22.0. The fourth-order valence-corrected chi connectivity index (χ4v) is 5.13. The SMILES string of the molecule is C[C@]12CCC(=O)N1c1ccccc1C(=O)N2CCC(=O)NCCSc1ccc(Cl)cc1. The molecule has 8 heteroatoms. The van der Waals surface area contributed by atoms with Crippen molar-refractivity contribution >= 4 is 46.8 Å². The van der Waals surface area contributed by atoms with Gasteiger partial charge >= 0.3 is 0 Å². The molecule has 0 radical (unpaired) electrons. The second kappa shape index (κ2) is 8.93. The molecule has 6 nitrogen and oxygen atoms in total. The second-order valence-electron chi connectivity index (χ2n) is 7.82. The number of carbonyl (C=O) groups is 3. The summed E-state index contributed by atoms with van der Waals surface area (Å²) in [5, 5.41) is 3.61. The first kappa shape index (κ1) is 21.7. The lowest BCUT2D eigenvalue weighted by Crippen LogP contribution is -2.62. The van der Waals surface area contributed by atoms with E-state index >= 15 is 0 Å². The third-order valence-electron chi connectivity index (χ3n) is 5.81. The van der Waals surface area contributed by atoms with Crippen LogP contribution in [0.5, 0.6) is 0 Å². The van der Waals surface area contributed by atoms with Gasteiger partial charge in [-0.25, -0.2) is 0 Å². The van der Waals surface area contributed by atoms with E-state index in [0.717, 1.165) is 10.6 Å². The molecular weight excluding hydrogens is 434 g/mol. The second-order valence-corrected chi connectivity index (χ2v) is 9.43. The Morgan fingerprint density at radius 2 is 1.90 bits per heavy atom. The van der Waals surface area contributed by atoms with Gasteiger partial charge in [-0.1, -0.05) is 23.7 Å². The molecule has 31 heavy (non-hydrogen) atoms. The van der Waals surface area contributed by atoms with Crippen LogP contribution in [0.15, 0.2) is 53.4 Å². The van der Waals surface area contributed by atoms with Crippen LogP contribution in [0.4, 0.5) is 5.69 Å². The van der Waals surface area contributed by atoms with Crippen LogP contribution in [0, 0.1) is 0 Å². The molecule has 4 rings (SSSR count). The molecule has 0 spiro atoms. The topological polar surface area (TPSA) is 69.7 Å². The average molecular weight is 458 g/mol. The Morgan fingerprint density at radius 3 is 2.68 bits per heavy atom. The third kappa shape index (κ3) is 4.29. The van der Waals surface area contributed by atoms with Gasteiger partial charge in [0.05, 0.1) is 11.3 Å². The van der Waals surface area contributed by atoms with E-state index < -0.39 is 5.66 Å². The van der Waals surface area contributed by atoms with Crippen LogP contribution >= 0.6 is 23.4 Å². The molecule has 1 atom stereocenters. The maximum Gasteiger partial charge on any atom is 0.257 e. The molecule has 0 bridgehead atoms. The molecule has 0 saturated carbocycles. The lowest BCUT2D eigenvalue weighted by Gasteiger charge is -2.48. The minimum absolute atomic E-state index is 0.0103. The van der Waals surface area contributed by atoms with Gasteiger partial charge in [-0.15, -0.1) is 11.8 Å². The van der Waals surface area contributed by atoms with Crippen molar-refractivity contribution in [2.45, 2.75) is 36.7 Å². The number of hydrogen-bond acceptors (Lipinski definition) is 4. The normalized spacial score (nSPS) is 19.9. The molecule has 2 aromatic rings. The quantitative estimate of drug-likeness (QED) is 0.505. The Morgan fingerprint density at radius 1 is 1.16 bits per heavy atom. The molecule has 0 unspecified atom stereocenters. The maximum absolute atomic E-state index is 13.2. The fraction of sp³-hybridized carbons (Fsp3) is 0.348. The summed E-state index contributed by atoms with van der Waals surface area (Å²) < 4.78 is 0. The van der Waals surface area contributed by atoms with E-state index in [2.05, 4.69) is 5.32 Å². The van der Waals surface area contributed by atoms with Crippen LogP contribution in [0.3, 0.4) is 0 Å². The molecule has 2 aromatic carbocycles. The Hall–Kier alpha value is -2.51. The summed E-state index contributed by atoms with van der Waals surface area (Å²) in [7, 11) is 0. The van der Waals surface area contributed by atoms with Crippen LogP contribution in [-0.2, 0) is 9.59 Å². The van der Waals surface area contributed by atoms with E-state index in [1.165, 1.54) is 0 Å². The number of halogens is 1. The lowest BCUT2D eigenvalue weighted by atomic mass is 9.98. The first-order valence-corrected chi connectivity index (χ1v) is 11.7. The molecule has 2 aliphatic heterocycles. The first-order valence-electron chi connectivity index (χ1n) is 10.3. The van der Waals surface area contributed by atoms with E-state index in [1.54, 1.807) is 33.7 Å². The maximum atomic E-state index is 13.2. The zero-order valence-corrected chi connectivity index (χ0v) is 18.8. The zero-order valence-electron chi connectivity index (χ0n) is 17.3. The number of anilines is 1. The van der Waals surface area contributed by atoms with Gasteiger partial charge in [-0.2, -0.15) is 0 Å². The largest absolute Gasteiger partial charge is 0.355 e. The number of nitrogens with one attached hydrogen (secondary N) is 1. The molecule has 1 saturated heterocycles.